The van der Waals surface area contributed by atoms with Gasteiger partial charge >= 0.3 is 0 Å². The van der Waals surface area contributed by atoms with Gasteiger partial charge in [0.05, 0.1) is 5.54 Å². The summed E-state index contributed by atoms with van der Waals surface area (Å²) in [6.45, 7) is 6.95. The number of rotatable bonds is 2. The first-order chi connectivity index (χ1) is 7.38. The zero-order chi connectivity index (χ0) is 12.3. The van der Waals surface area contributed by atoms with Crippen molar-refractivity contribution in [1.29, 1.82) is 0 Å². The van der Waals surface area contributed by atoms with E-state index < -0.39 is 11.4 Å². The molecule has 1 amide bonds. The van der Waals surface area contributed by atoms with Gasteiger partial charge in [-0.3, -0.25) is 4.79 Å². The molecule has 0 bridgehead atoms. The van der Waals surface area contributed by atoms with E-state index >= 15 is 0 Å². The second kappa shape index (κ2) is 4.64. The zero-order valence-corrected chi connectivity index (χ0v) is 10.2. The Morgan fingerprint density at radius 1 is 1.31 bits per heavy atom. The van der Waals surface area contributed by atoms with E-state index in [2.05, 4.69) is 0 Å². The normalized spacial score (nSPS) is 11.3. The van der Waals surface area contributed by atoms with Gasteiger partial charge in [0.2, 0.25) is 0 Å². The average molecular weight is 223 g/mol. The van der Waals surface area contributed by atoms with E-state index in [-0.39, 0.29) is 0 Å². The van der Waals surface area contributed by atoms with Crippen LogP contribution in [0.15, 0.2) is 24.3 Å². The highest BCUT2D eigenvalue weighted by atomic mass is 19.2. The number of carbonyl (C=O) groups is 1. The van der Waals surface area contributed by atoms with E-state index in [0.29, 0.717) is 10.7 Å². The number of carbonyl (C=O) groups excluding carboxylic acids is 1. The Bertz CT molecular complexity index is 382. The second-order valence-corrected chi connectivity index (χ2v) is 4.77. The highest BCUT2D eigenvalue weighted by molar-refractivity contribution is 5.95. The monoisotopic (exact) mass is 223 g/mol. The van der Waals surface area contributed by atoms with Gasteiger partial charge in [-0.25, -0.2) is 0 Å². The molecule has 0 atom stereocenters. The summed E-state index contributed by atoms with van der Waals surface area (Å²) in [5.74, 6) is -0.565. The lowest BCUT2D eigenvalue weighted by Gasteiger charge is -2.27. The molecule has 0 heterocycles. The van der Waals surface area contributed by atoms with Gasteiger partial charge in [-0.2, -0.15) is 5.12 Å². The van der Waals surface area contributed by atoms with Crippen molar-refractivity contribution in [2.45, 2.75) is 39.7 Å². The molecule has 2 nitrogen and oxygen atoms in total. The van der Waals surface area contributed by atoms with Crippen molar-refractivity contribution in [3.05, 3.63) is 35.4 Å². The summed E-state index contributed by atoms with van der Waals surface area (Å²) in [5.41, 5.74) is 0.514. The Labute approximate surface area is 96.0 Å². The minimum atomic E-state index is -0.808. The fourth-order valence-electron chi connectivity index (χ4n) is 1.45. The van der Waals surface area contributed by atoms with Gasteiger partial charge in [-0.1, -0.05) is 29.6 Å². The predicted octanol–water partition coefficient (Wildman–Crippen LogP) is 3.37. The maximum atomic E-state index is 13.8. The number of halogens is 1. The van der Waals surface area contributed by atoms with Gasteiger partial charge in [0.15, 0.2) is 0 Å². The lowest BCUT2D eigenvalue weighted by Crippen LogP contribution is -2.39. The Kier molecular flexibility index (Phi) is 3.68. The first-order valence-corrected chi connectivity index (χ1v) is 5.46. The first-order valence-electron chi connectivity index (χ1n) is 5.46. The zero-order valence-electron chi connectivity index (χ0n) is 10.2. The maximum absolute atomic E-state index is 13.8. The molecule has 0 aliphatic heterocycles. The Hall–Kier alpha value is -1.38. The third-order valence-corrected chi connectivity index (χ3v) is 2.40. The van der Waals surface area contributed by atoms with Crippen molar-refractivity contribution in [1.82, 2.24) is 5.12 Å². The van der Waals surface area contributed by atoms with Crippen LogP contribution in [0, 0.1) is 0 Å². The van der Waals surface area contributed by atoms with E-state index in [1.807, 2.05) is 19.1 Å². The number of hydrogen-bond donors (Lipinski definition) is 0. The molecule has 0 saturated heterocycles. The lowest BCUT2D eigenvalue weighted by atomic mass is 10.0. The van der Waals surface area contributed by atoms with Gasteiger partial charge in [-0.15, -0.1) is 0 Å². The van der Waals surface area contributed by atoms with Crippen molar-refractivity contribution >= 4 is 5.91 Å². The van der Waals surface area contributed by atoms with Crippen LogP contribution < -0.4 is 0 Å². The van der Waals surface area contributed by atoms with Gasteiger partial charge in [-0.05, 0) is 38.8 Å². The Balaban J connectivity index is 3.05. The summed E-state index contributed by atoms with van der Waals surface area (Å²) >= 11 is 0. The molecule has 0 unspecified atom stereocenters. The average Bonchev–Trinajstić information content (AvgIpc) is 2.25. The number of aryl methyl sites for hydroxylation is 1. The van der Waals surface area contributed by atoms with Crippen molar-refractivity contribution in [3.8, 4) is 0 Å². The first kappa shape index (κ1) is 12.7. The molecule has 0 aromatic heterocycles. The standard InChI is InChI=1S/C13H18FNO/c1-5-10-8-6-7-9-11(10)12(16)15(14)13(2,3)4/h6-9H,5H2,1-4H3. The summed E-state index contributed by atoms with van der Waals surface area (Å²) in [5, 5.41) is 0.293. The van der Waals surface area contributed by atoms with Crippen LogP contribution in [0.2, 0.25) is 0 Å². The maximum Gasteiger partial charge on any atom is 0.282 e. The van der Waals surface area contributed by atoms with Crippen molar-refractivity contribution in [2.24, 2.45) is 0 Å². The molecule has 0 aliphatic rings. The highest BCUT2D eigenvalue weighted by Crippen LogP contribution is 2.20. The highest BCUT2D eigenvalue weighted by Gasteiger charge is 2.28. The smallest absolute Gasteiger partial charge is 0.266 e. The Morgan fingerprint density at radius 2 is 1.88 bits per heavy atom. The molecule has 16 heavy (non-hydrogen) atoms. The molecule has 88 valence electrons. The summed E-state index contributed by atoms with van der Waals surface area (Å²) in [4.78, 5) is 11.9. The van der Waals surface area contributed by atoms with Crippen molar-refractivity contribution < 1.29 is 9.28 Å². The summed E-state index contributed by atoms with van der Waals surface area (Å²) < 4.78 is 13.8. The number of benzene rings is 1. The topological polar surface area (TPSA) is 20.3 Å². The third-order valence-electron chi connectivity index (χ3n) is 2.40. The third kappa shape index (κ3) is 2.60. The van der Waals surface area contributed by atoms with Gasteiger partial charge < -0.3 is 0 Å². The molecular formula is C13H18FNO. The van der Waals surface area contributed by atoms with Crippen LogP contribution in [0.4, 0.5) is 4.48 Å². The molecule has 0 aliphatic carbocycles. The SMILES string of the molecule is CCc1ccccc1C(=O)N(F)C(C)(C)C. The number of hydrogen-bond acceptors (Lipinski definition) is 1. The van der Waals surface area contributed by atoms with E-state index in [1.54, 1.807) is 32.9 Å². The molecular weight excluding hydrogens is 205 g/mol. The summed E-state index contributed by atoms with van der Waals surface area (Å²) in [6, 6.07) is 7.13. The van der Waals surface area contributed by atoms with Crippen LogP contribution in [0.25, 0.3) is 0 Å². The molecule has 0 radical (unpaired) electrons. The van der Waals surface area contributed by atoms with Crippen LogP contribution in [0.3, 0.4) is 0 Å². The molecule has 1 aromatic rings. The largest absolute Gasteiger partial charge is 0.282 e. The molecule has 0 saturated carbocycles. The van der Waals surface area contributed by atoms with Crippen LogP contribution in [0.5, 0.6) is 0 Å². The van der Waals surface area contributed by atoms with Crippen LogP contribution in [-0.2, 0) is 6.42 Å². The van der Waals surface area contributed by atoms with Gasteiger partial charge in [0.1, 0.15) is 0 Å². The Morgan fingerprint density at radius 3 is 2.38 bits per heavy atom. The molecule has 0 fully saturated rings. The number of amides is 1. The predicted molar refractivity (Wildman–Crippen MR) is 62.9 cm³/mol. The molecule has 3 heteroatoms. The minimum Gasteiger partial charge on any atom is -0.266 e. The fourth-order valence-corrected chi connectivity index (χ4v) is 1.45. The van der Waals surface area contributed by atoms with E-state index in [9.17, 15) is 9.28 Å². The van der Waals surface area contributed by atoms with Gasteiger partial charge in [0, 0.05) is 5.56 Å². The van der Waals surface area contributed by atoms with Crippen LogP contribution in [0.1, 0.15) is 43.6 Å². The van der Waals surface area contributed by atoms with Crippen molar-refractivity contribution in [3.63, 3.8) is 0 Å². The minimum absolute atomic E-state index is 0.293. The van der Waals surface area contributed by atoms with E-state index in [1.165, 1.54) is 0 Å². The molecule has 1 rings (SSSR count). The van der Waals surface area contributed by atoms with Crippen LogP contribution in [-0.4, -0.2) is 16.6 Å². The molecule has 0 spiro atoms. The van der Waals surface area contributed by atoms with Crippen LogP contribution >= 0.6 is 0 Å². The molecule has 0 N–H and O–H groups in total. The van der Waals surface area contributed by atoms with Gasteiger partial charge in [0.25, 0.3) is 5.91 Å². The van der Waals surface area contributed by atoms with E-state index in [0.717, 1.165) is 12.0 Å². The lowest BCUT2D eigenvalue weighted by molar-refractivity contribution is -0.0322. The fraction of sp³-hybridized carbons (Fsp3) is 0.462. The van der Waals surface area contributed by atoms with E-state index in [4.69, 9.17) is 0 Å². The number of nitrogens with zero attached hydrogens (tertiary/aromatic N) is 1. The summed E-state index contributed by atoms with van der Waals surface area (Å²) in [6.07, 6.45) is 0.722. The second-order valence-electron chi connectivity index (χ2n) is 4.77. The molecule has 1 aromatic carbocycles. The summed E-state index contributed by atoms with van der Waals surface area (Å²) in [7, 11) is 0. The van der Waals surface area contributed by atoms with Crippen molar-refractivity contribution in [2.75, 3.05) is 0 Å². The quantitative estimate of drug-likeness (QED) is 0.704.